The number of rotatable bonds is 6. The summed E-state index contributed by atoms with van der Waals surface area (Å²) in [6.45, 7) is 7.25. The zero-order valence-electron chi connectivity index (χ0n) is 17.5. The fourth-order valence-electron chi connectivity index (χ4n) is 3.50. The van der Waals surface area contributed by atoms with Crippen LogP contribution in [0.3, 0.4) is 0 Å². The Balaban J connectivity index is 1.66. The lowest BCUT2D eigenvalue weighted by Gasteiger charge is -2.36. The van der Waals surface area contributed by atoms with Crippen molar-refractivity contribution in [2.24, 2.45) is 0 Å². The summed E-state index contributed by atoms with van der Waals surface area (Å²) in [4.78, 5) is 19.0. The maximum Gasteiger partial charge on any atom is 0.266 e. The van der Waals surface area contributed by atoms with Gasteiger partial charge in [0.1, 0.15) is 17.5 Å². The van der Waals surface area contributed by atoms with E-state index in [-0.39, 0.29) is 23.3 Å². The molecule has 0 aliphatic carbocycles. The number of anilines is 1. The number of nitrogens with zero attached hydrogens (tertiary/aromatic N) is 4. The van der Waals surface area contributed by atoms with E-state index >= 15 is 0 Å². The number of benzene rings is 2. The van der Waals surface area contributed by atoms with E-state index in [0.29, 0.717) is 19.6 Å². The standard InChI is InChI=1S/C24H27FN4O/c1-19(2)29(17-20-6-4-3-5-7-20)24(30)21(16-26)18-27-12-14-28(15-13-27)23-10-8-22(25)9-11-23/h3-11,18-19H,12-15,17H2,1-2H3/b21-18-. The monoisotopic (exact) mass is 406 g/mol. The quantitative estimate of drug-likeness (QED) is 0.541. The predicted octanol–water partition coefficient (Wildman–Crippen LogP) is 3.79. The molecule has 1 heterocycles. The van der Waals surface area contributed by atoms with Crippen LogP contribution in [0.2, 0.25) is 0 Å². The second-order valence-corrected chi connectivity index (χ2v) is 7.67. The average Bonchev–Trinajstić information content (AvgIpc) is 2.77. The average molecular weight is 407 g/mol. The van der Waals surface area contributed by atoms with Crippen molar-refractivity contribution in [2.75, 3.05) is 31.1 Å². The number of amides is 1. The van der Waals surface area contributed by atoms with Gasteiger partial charge in [0.15, 0.2) is 0 Å². The van der Waals surface area contributed by atoms with Crippen molar-refractivity contribution in [1.82, 2.24) is 9.80 Å². The molecule has 1 saturated heterocycles. The van der Waals surface area contributed by atoms with Gasteiger partial charge in [0.25, 0.3) is 5.91 Å². The van der Waals surface area contributed by atoms with Crippen LogP contribution >= 0.6 is 0 Å². The molecule has 0 radical (unpaired) electrons. The van der Waals surface area contributed by atoms with Crippen molar-refractivity contribution >= 4 is 11.6 Å². The molecule has 2 aromatic rings. The predicted molar refractivity (Wildman–Crippen MR) is 116 cm³/mol. The molecule has 0 N–H and O–H groups in total. The topological polar surface area (TPSA) is 50.6 Å². The first-order valence-corrected chi connectivity index (χ1v) is 10.2. The van der Waals surface area contributed by atoms with Crippen LogP contribution in [0.25, 0.3) is 0 Å². The highest BCUT2D eigenvalue weighted by atomic mass is 19.1. The smallest absolute Gasteiger partial charge is 0.266 e. The number of nitriles is 1. The summed E-state index contributed by atoms with van der Waals surface area (Å²) in [7, 11) is 0. The summed E-state index contributed by atoms with van der Waals surface area (Å²) in [5, 5.41) is 9.64. The first-order chi connectivity index (χ1) is 14.5. The van der Waals surface area contributed by atoms with E-state index < -0.39 is 0 Å². The van der Waals surface area contributed by atoms with Crippen LogP contribution in [-0.4, -0.2) is 47.9 Å². The van der Waals surface area contributed by atoms with Crippen LogP contribution in [0.1, 0.15) is 19.4 Å². The van der Waals surface area contributed by atoms with E-state index in [2.05, 4.69) is 11.0 Å². The fourth-order valence-corrected chi connectivity index (χ4v) is 3.50. The molecular weight excluding hydrogens is 379 g/mol. The van der Waals surface area contributed by atoms with Gasteiger partial charge in [-0.2, -0.15) is 5.26 Å². The summed E-state index contributed by atoms with van der Waals surface area (Å²) in [6.07, 6.45) is 1.69. The lowest BCUT2D eigenvalue weighted by atomic mass is 10.1. The van der Waals surface area contributed by atoms with Crippen molar-refractivity contribution in [3.05, 3.63) is 77.8 Å². The Morgan fingerprint density at radius 3 is 2.30 bits per heavy atom. The molecule has 6 heteroatoms. The molecule has 2 aromatic carbocycles. The molecule has 0 bridgehead atoms. The maximum atomic E-state index is 13.1. The third-order valence-electron chi connectivity index (χ3n) is 5.25. The molecule has 1 aliphatic rings. The Morgan fingerprint density at radius 1 is 1.10 bits per heavy atom. The lowest BCUT2D eigenvalue weighted by Crippen LogP contribution is -2.45. The van der Waals surface area contributed by atoms with E-state index in [1.807, 2.05) is 49.1 Å². The Bertz CT molecular complexity index is 910. The first kappa shape index (κ1) is 21.4. The van der Waals surface area contributed by atoms with Gasteiger partial charge >= 0.3 is 0 Å². The number of halogens is 1. The maximum absolute atomic E-state index is 13.1. The van der Waals surface area contributed by atoms with Crippen LogP contribution < -0.4 is 4.90 Å². The summed E-state index contributed by atoms with van der Waals surface area (Å²) in [5.74, 6) is -0.500. The zero-order valence-corrected chi connectivity index (χ0v) is 17.5. The zero-order chi connectivity index (χ0) is 21.5. The molecule has 1 amide bonds. The summed E-state index contributed by atoms with van der Waals surface area (Å²) in [5.41, 5.74) is 2.16. The molecule has 0 unspecified atom stereocenters. The van der Waals surface area contributed by atoms with E-state index in [1.54, 1.807) is 23.2 Å². The van der Waals surface area contributed by atoms with Gasteiger partial charge in [-0.15, -0.1) is 0 Å². The molecule has 30 heavy (non-hydrogen) atoms. The Hall–Kier alpha value is -3.33. The largest absolute Gasteiger partial charge is 0.373 e. The van der Waals surface area contributed by atoms with Crippen LogP contribution in [0.4, 0.5) is 10.1 Å². The minimum absolute atomic E-state index is 0.0234. The van der Waals surface area contributed by atoms with Crippen LogP contribution in [-0.2, 0) is 11.3 Å². The normalized spacial score (nSPS) is 14.6. The van der Waals surface area contributed by atoms with Gasteiger partial charge in [0.2, 0.25) is 0 Å². The Morgan fingerprint density at radius 2 is 1.73 bits per heavy atom. The third-order valence-corrected chi connectivity index (χ3v) is 5.25. The highest BCUT2D eigenvalue weighted by Gasteiger charge is 2.23. The first-order valence-electron chi connectivity index (χ1n) is 10.2. The molecule has 0 atom stereocenters. The summed E-state index contributed by atoms with van der Waals surface area (Å²) >= 11 is 0. The number of hydrogen-bond donors (Lipinski definition) is 0. The van der Waals surface area contributed by atoms with Crippen LogP contribution in [0.5, 0.6) is 0 Å². The number of carbonyl (C=O) groups is 1. The van der Waals surface area contributed by atoms with E-state index in [0.717, 1.165) is 24.3 Å². The summed E-state index contributed by atoms with van der Waals surface area (Å²) < 4.78 is 13.1. The van der Waals surface area contributed by atoms with Crippen LogP contribution in [0, 0.1) is 17.1 Å². The highest BCUT2D eigenvalue weighted by molar-refractivity contribution is 5.97. The van der Waals surface area contributed by atoms with E-state index in [1.165, 1.54) is 12.1 Å². The minimum Gasteiger partial charge on any atom is -0.373 e. The van der Waals surface area contributed by atoms with E-state index in [4.69, 9.17) is 0 Å². The van der Waals surface area contributed by atoms with Crippen molar-refractivity contribution in [3.63, 3.8) is 0 Å². The van der Waals surface area contributed by atoms with Crippen molar-refractivity contribution < 1.29 is 9.18 Å². The fraction of sp³-hybridized carbons (Fsp3) is 0.333. The van der Waals surface area contributed by atoms with Gasteiger partial charge in [-0.1, -0.05) is 30.3 Å². The van der Waals surface area contributed by atoms with Gasteiger partial charge in [0, 0.05) is 50.7 Å². The van der Waals surface area contributed by atoms with Gasteiger partial charge in [-0.25, -0.2) is 4.39 Å². The SMILES string of the molecule is CC(C)N(Cc1ccccc1)C(=O)/C(C#N)=C\N1CCN(c2ccc(F)cc2)CC1. The van der Waals surface area contributed by atoms with Gasteiger partial charge in [0.05, 0.1) is 0 Å². The van der Waals surface area contributed by atoms with Crippen molar-refractivity contribution in [3.8, 4) is 6.07 Å². The molecule has 0 saturated carbocycles. The van der Waals surface area contributed by atoms with Crippen LogP contribution in [0.15, 0.2) is 66.4 Å². The van der Waals surface area contributed by atoms with Gasteiger partial charge < -0.3 is 14.7 Å². The molecule has 3 rings (SSSR count). The minimum atomic E-state index is -0.252. The van der Waals surface area contributed by atoms with Gasteiger partial charge in [-0.05, 0) is 43.7 Å². The molecule has 0 spiro atoms. The highest BCUT2D eigenvalue weighted by Crippen LogP contribution is 2.18. The molecule has 1 fully saturated rings. The van der Waals surface area contributed by atoms with Crippen molar-refractivity contribution in [1.29, 1.82) is 5.26 Å². The van der Waals surface area contributed by atoms with Gasteiger partial charge in [-0.3, -0.25) is 4.79 Å². The van der Waals surface area contributed by atoms with E-state index in [9.17, 15) is 14.4 Å². The van der Waals surface area contributed by atoms with Crippen molar-refractivity contribution in [2.45, 2.75) is 26.4 Å². The third kappa shape index (κ3) is 5.38. The second kappa shape index (κ2) is 9.93. The number of piperazine rings is 1. The second-order valence-electron chi connectivity index (χ2n) is 7.67. The number of hydrogen-bond acceptors (Lipinski definition) is 4. The molecule has 0 aromatic heterocycles. The molecule has 5 nitrogen and oxygen atoms in total. The lowest BCUT2D eigenvalue weighted by molar-refractivity contribution is -0.129. The molecule has 1 aliphatic heterocycles. The number of carbonyl (C=O) groups excluding carboxylic acids is 1. The molecular formula is C24H27FN4O. The summed E-state index contributed by atoms with van der Waals surface area (Å²) in [6, 6.07) is 18.3. The Kier molecular flexibility index (Phi) is 7.08. The Labute approximate surface area is 177 Å². The molecule has 156 valence electrons.